The molecule has 28 heavy (non-hydrogen) atoms. The minimum Gasteiger partial charge on any atom is -0.368 e. The van der Waals surface area contributed by atoms with E-state index in [-0.39, 0.29) is 11.4 Å². The molecule has 1 saturated heterocycles. The fourth-order valence-corrected chi connectivity index (χ4v) is 4.91. The van der Waals surface area contributed by atoms with Crippen molar-refractivity contribution >= 4 is 22.4 Å². The fraction of sp³-hybridized carbons (Fsp3) is 0.350. The van der Waals surface area contributed by atoms with Crippen LogP contribution in [0.5, 0.6) is 0 Å². The van der Waals surface area contributed by atoms with Gasteiger partial charge in [-0.3, -0.25) is 0 Å². The summed E-state index contributed by atoms with van der Waals surface area (Å²) < 4.78 is 19.4. The number of halogens is 1. The van der Waals surface area contributed by atoms with Crippen molar-refractivity contribution in [2.45, 2.75) is 24.9 Å². The Bertz CT molecular complexity index is 998. The second-order valence-corrected chi connectivity index (χ2v) is 8.04. The lowest BCUT2D eigenvalue weighted by Crippen LogP contribution is -2.47. The Labute approximate surface area is 166 Å². The Morgan fingerprint density at radius 1 is 1.14 bits per heavy atom. The predicted molar refractivity (Wildman–Crippen MR) is 107 cm³/mol. The van der Waals surface area contributed by atoms with Gasteiger partial charge in [-0.2, -0.15) is 0 Å². The Kier molecular flexibility index (Phi) is 4.25. The fourth-order valence-electron chi connectivity index (χ4n) is 4.03. The number of nitrogens with zero attached hydrogens (tertiary/aromatic N) is 4. The van der Waals surface area contributed by atoms with E-state index in [1.54, 1.807) is 23.5 Å². The average molecular weight is 397 g/mol. The summed E-state index contributed by atoms with van der Waals surface area (Å²) in [5.74, 6) is 0.0626. The van der Waals surface area contributed by atoms with Crippen molar-refractivity contribution in [3.8, 4) is 11.3 Å². The number of hydrogen-bond acceptors (Lipinski definition) is 7. The maximum absolute atomic E-state index is 13.1. The number of anilines is 2. The summed E-state index contributed by atoms with van der Waals surface area (Å²) in [6, 6.07) is 6.45. The molecule has 6 nitrogen and oxygen atoms in total. The highest BCUT2D eigenvalue weighted by atomic mass is 32.1. The van der Waals surface area contributed by atoms with E-state index in [4.69, 9.17) is 15.5 Å². The third-order valence-electron chi connectivity index (χ3n) is 5.54. The van der Waals surface area contributed by atoms with Crippen LogP contribution >= 0.6 is 11.3 Å². The molecule has 2 aromatic heterocycles. The van der Waals surface area contributed by atoms with Crippen molar-refractivity contribution in [2.24, 2.45) is 0 Å². The smallest absolute Gasteiger partial charge is 0.220 e. The van der Waals surface area contributed by atoms with Gasteiger partial charge in [0.2, 0.25) is 5.95 Å². The second kappa shape index (κ2) is 6.79. The number of fused-ring (bicyclic) bond motifs is 2. The Hall–Kier alpha value is -2.58. The van der Waals surface area contributed by atoms with Crippen LogP contribution in [0.25, 0.3) is 11.3 Å². The molecule has 144 valence electrons. The molecular weight excluding hydrogens is 377 g/mol. The Balaban J connectivity index is 1.35. The van der Waals surface area contributed by atoms with Gasteiger partial charge < -0.3 is 15.4 Å². The average Bonchev–Trinajstić information content (AvgIpc) is 3.20. The highest BCUT2D eigenvalue weighted by Gasteiger charge is 2.43. The van der Waals surface area contributed by atoms with Crippen LogP contribution in [-0.2, 0) is 16.8 Å². The number of piperidine rings is 1. The topological polar surface area (TPSA) is 77.2 Å². The summed E-state index contributed by atoms with van der Waals surface area (Å²) in [7, 11) is 0. The lowest BCUT2D eigenvalue weighted by Gasteiger charge is -2.43. The van der Waals surface area contributed by atoms with Crippen LogP contribution in [0.15, 0.2) is 35.8 Å². The lowest BCUT2D eigenvalue weighted by molar-refractivity contribution is -0.0800. The quantitative estimate of drug-likeness (QED) is 0.714. The highest BCUT2D eigenvalue weighted by Crippen LogP contribution is 2.42. The third-order valence-corrected chi connectivity index (χ3v) is 6.44. The first-order valence-electron chi connectivity index (χ1n) is 9.35. The molecule has 2 aliphatic rings. The number of benzene rings is 1. The zero-order valence-corrected chi connectivity index (χ0v) is 16.1. The normalized spacial score (nSPS) is 18.2. The molecule has 0 amide bonds. The molecule has 2 aliphatic heterocycles. The summed E-state index contributed by atoms with van der Waals surface area (Å²) in [6.45, 7) is 2.35. The zero-order chi connectivity index (χ0) is 19.1. The number of ether oxygens (including phenoxy) is 1. The van der Waals surface area contributed by atoms with E-state index in [9.17, 15) is 4.39 Å². The molecule has 0 atom stereocenters. The van der Waals surface area contributed by atoms with E-state index in [0.717, 1.165) is 60.0 Å². The monoisotopic (exact) mass is 397 g/mol. The van der Waals surface area contributed by atoms with Crippen LogP contribution < -0.4 is 10.6 Å². The molecule has 8 heteroatoms. The molecule has 5 rings (SSSR count). The first kappa shape index (κ1) is 17.5. The molecule has 4 heterocycles. The van der Waals surface area contributed by atoms with Crippen LogP contribution in [0.4, 0.5) is 15.5 Å². The number of hydrogen-bond donors (Lipinski definition) is 1. The SMILES string of the molecule is Nc1ncc2c(n1)C1(CCN(c3nc(-c4ccc(F)cc4)cs3)CC1)OCC2. The summed E-state index contributed by atoms with van der Waals surface area (Å²) in [4.78, 5) is 15.7. The molecular formula is C20H20FN5OS. The van der Waals surface area contributed by atoms with Crippen LogP contribution in [0.1, 0.15) is 24.1 Å². The number of nitrogen functional groups attached to an aromatic ring is 1. The standard InChI is InChI=1S/C20H20FN5OS/c21-15-3-1-13(2-4-15)16-12-28-19(24-16)26-8-6-20(7-9-26)17-14(5-10-27-20)11-23-18(22)25-17/h1-4,11-12H,5-10H2,(H2,22,23,25). The molecule has 0 unspecified atom stereocenters. The van der Waals surface area contributed by atoms with Crippen LogP contribution in [0, 0.1) is 5.82 Å². The van der Waals surface area contributed by atoms with Gasteiger partial charge in [0, 0.05) is 30.2 Å². The van der Waals surface area contributed by atoms with E-state index < -0.39 is 0 Å². The first-order chi connectivity index (χ1) is 13.6. The van der Waals surface area contributed by atoms with Gasteiger partial charge in [0.1, 0.15) is 11.4 Å². The van der Waals surface area contributed by atoms with Gasteiger partial charge in [0.25, 0.3) is 0 Å². The molecule has 2 N–H and O–H groups in total. The molecule has 0 aliphatic carbocycles. The minimum atomic E-state index is -0.377. The summed E-state index contributed by atoms with van der Waals surface area (Å²) in [6.07, 6.45) is 4.34. The van der Waals surface area contributed by atoms with Crippen molar-refractivity contribution in [1.29, 1.82) is 0 Å². The molecule has 1 fully saturated rings. The predicted octanol–water partition coefficient (Wildman–Crippen LogP) is 3.39. The molecule has 0 radical (unpaired) electrons. The van der Waals surface area contributed by atoms with E-state index in [2.05, 4.69) is 14.9 Å². The summed E-state index contributed by atoms with van der Waals surface area (Å²) in [5.41, 5.74) is 9.36. The van der Waals surface area contributed by atoms with E-state index in [0.29, 0.717) is 12.6 Å². The number of aromatic nitrogens is 3. The van der Waals surface area contributed by atoms with Gasteiger partial charge in [0.05, 0.1) is 18.0 Å². The van der Waals surface area contributed by atoms with Gasteiger partial charge in [-0.25, -0.2) is 19.3 Å². The van der Waals surface area contributed by atoms with E-state index in [1.165, 1.54) is 12.1 Å². The van der Waals surface area contributed by atoms with E-state index in [1.807, 2.05) is 11.6 Å². The first-order valence-corrected chi connectivity index (χ1v) is 10.2. The van der Waals surface area contributed by atoms with Gasteiger partial charge in [-0.15, -0.1) is 11.3 Å². The highest BCUT2D eigenvalue weighted by molar-refractivity contribution is 7.14. The van der Waals surface area contributed by atoms with Crippen LogP contribution in [-0.4, -0.2) is 34.6 Å². The summed E-state index contributed by atoms with van der Waals surface area (Å²) in [5, 5.41) is 3.00. The number of nitrogens with two attached hydrogens (primary N) is 1. The van der Waals surface area contributed by atoms with Gasteiger partial charge in [-0.05, 0) is 49.1 Å². The zero-order valence-electron chi connectivity index (χ0n) is 15.3. The van der Waals surface area contributed by atoms with Crippen molar-refractivity contribution < 1.29 is 9.13 Å². The maximum atomic E-state index is 13.1. The third kappa shape index (κ3) is 3.02. The van der Waals surface area contributed by atoms with E-state index >= 15 is 0 Å². The van der Waals surface area contributed by atoms with Gasteiger partial charge in [-0.1, -0.05) is 0 Å². The number of rotatable bonds is 2. The van der Waals surface area contributed by atoms with Crippen molar-refractivity contribution in [3.63, 3.8) is 0 Å². The molecule has 1 aromatic carbocycles. The largest absolute Gasteiger partial charge is 0.368 e. The Morgan fingerprint density at radius 2 is 1.93 bits per heavy atom. The maximum Gasteiger partial charge on any atom is 0.220 e. The van der Waals surface area contributed by atoms with Crippen molar-refractivity contribution in [1.82, 2.24) is 15.0 Å². The lowest BCUT2D eigenvalue weighted by atomic mass is 9.83. The Morgan fingerprint density at radius 3 is 2.71 bits per heavy atom. The number of thiazole rings is 1. The van der Waals surface area contributed by atoms with Crippen molar-refractivity contribution in [3.05, 3.63) is 52.9 Å². The van der Waals surface area contributed by atoms with Crippen LogP contribution in [0.3, 0.4) is 0 Å². The minimum absolute atomic E-state index is 0.238. The molecule has 0 saturated carbocycles. The summed E-state index contributed by atoms with van der Waals surface area (Å²) >= 11 is 1.61. The van der Waals surface area contributed by atoms with Gasteiger partial charge in [0.15, 0.2) is 5.13 Å². The molecule has 3 aromatic rings. The van der Waals surface area contributed by atoms with Crippen molar-refractivity contribution in [2.75, 3.05) is 30.3 Å². The molecule has 1 spiro atoms. The van der Waals surface area contributed by atoms with Crippen LogP contribution in [0.2, 0.25) is 0 Å². The van der Waals surface area contributed by atoms with Gasteiger partial charge >= 0.3 is 0 Å². The molecule has 0 bridgehead atoms. The second-order valence-electron chi connectivity index (χ2n) is 7.20.